The molecule has 1 aromatic rings. The first kappa shape index (κ1) is 30.4. The first-order valence-corrected chi connectivity index (χ1v) is 13.1. The predicted molar refractivity (Wildman–Crippen MR) is 146 cm³/mol. The quantitative estimate of drug-likeness (QED) is 0.226. The van der Waals surface area contributed by atoms with E-state index in [0.29, 0.717) is 20.9 Å². The van der Waals surface area contributed by atoms with Gasteiger partial charge in [0.2, 0.25) is 0 Å². The minimum atomic E-state index is -1.27. The maximum Gasteiger partial charge on any atom is 0.410 e. The summed E-state index contributed by atoms with van der Waals surface area (Å²) in [4.78, 5) is 25.8. The summed E-state index contributed by atoms with van der Waals surface area (Å²) >= 11 is 22.4. The summed E-state index contributed by atoms with van der Waals surface area (Å²) in [5.41, 5.74) is -1.19. The molecular formula is C24H31BrCl3N3O5. The Balaban J connectivity index is 2.38. The van der Waals surface area contributed by atoms with Crippen LogP contribution >= 0.6 is 50.7 Å². The Labute approximate surface area is 235 Å². The Kier molecular flexibility index (Phi) is 10.3. The second-order valence-electron chi connectivity index (χ2n) is 10.1. The van der Waals surface area contributed by atoms with Crippen molar-refractivity contribution in [1.82, 2.24) is 15.5 Å². The lowest BCUT2D eigenvalue weighted by Gasteiger charge is -2.44. The van der Waals surface area contributed by atoms with Crippen LogP contribution in [0, 0.1) is 0 Å². The van der Waals surface area contributed by atoms with E-state index in [2.05, 4.69) is 26.6 Å². The molecule has 0 radical (unpaired) electrons. The Morgan fingerprint density at radius 2 is 1.83 bits per heavy atom. The molecule has 2 atom stereocenters. The van der Waals surface area contributed by atoms with E-state index in [4.69, 9.17) is 44.3 Å². The summed E-state index contributed by atoms with van der Waals surface area (Å²) < 4.78 is 12.1. The molecule has 200 valence electrons. The molecule has 36 heavy (non-hydrogen) atoms. The number of alkyl carbamates (subject to hydrolysis) is 1. The van der Waals surface area contributed by atoms with E-state index >= 15 is 0 Å². The Morgan fingerprint density at radius 1 is 1.19 bits per heavy atom. The third-order valence-electron chi connectivity index (χ3n) is 4.79. The summed E-state index contributed by atoms with van der Waals surface area (Å²) in [6.07, 6.45) is 0.00450. The molecule has 0 aromatic heterocycles. The molecule has 2 amide bonds. The Hall–Kier alpha value is -1.81. The van der Waals surface area contributed by atoms with Gasteiger partial charge in [0.1, 0.15) is 17.7 Å². The van der Waals surface area contributed by atoms with Gasteiger partial charge in [0.25, 0.3) is 0 Å². The van der Waals surface area contributed by atoms with Crippen LogP contribution in [0.4, 0.5) is 9.59 Å². The average molecular weight is 628 g/mol. The molecule has 0 saturated carbocycles. The van der Waals surface area contributed by atoms with Gasteiger partial charge >= 0.3 is 12.2 Å². The van der Waals surface area contributed by atoms with Gasteiger partial charge in [0.15, 0.2) is 11.6 Å². The van der Waals surface area contributed by atoms with Crippen molar-refractivity contribution in [2.24, 2.45) is 0 Å². The lowest BCUT2D eigenvalue weighted by atomic mass is 10.0. The first-order valence-electron chi connectivity index (χ1n) is 11.1. The highest BCUT2D eigenvalue weighted by Gasteiger charge is 2.37. The van der Waals surface area contributed by atoms with Crippen LogP contribution in [0.1, 0.15) is 47.1 Å². The molecule has 0 fully saturated rings. The van der Waals surface area contributed by atoms with Crippen LogP contribution < -0.4 is 10.6 Å². The van der Waals surface area contributed by atoms with Crippen LogP contribution in [-0.4, -0.2) is 51.5 Å². The molecule has 1 aromatic carbocycles. The monoisotopic (exact) mass is 625 g/mol. The lowest BCUT2D eigenvalue weighted by Crippen LogP contribution is -2.51. The van der Waals surface area contributed by atoms with Gasteiger partial charge in [0.05, 0.1) is 6.04 Å². The fourth-order valence-corrected chi connectivity index (χ4v) is 4.75. The number of allylic oxidation sites excluding steroid dienone is 1. The maximum absolute atomic E-state index is 12.5. The van der Waals surface area contributed by atoms with Crippen LogP contribution in [0.25, 0.3) is 0 Å². The van der Waals surface area contributed by atoms with Crippen molar-refractivity contribution >= 4 is 62.9 Å². The zero-order valence-corrected chi connectivity index (χ0v) is 24.8. The van der Waals surface area contributed by atoms with Gasteiger partial charge in [-0.25, -0.2) is 9.59 Å². The fourth-order valence-electron chi connectivity index (χ4n) is 3.40. The molecule has 2 rings (SSSR count). The maximum atomic E-state index is 12.5. The minimum absolute atomic E-state index is 0.0277. The standard InChI is InChI=1S/C24H31BrCl3N3O5/c1-23(2,3)31-19(28)16(25)11-18(20(31)30-21(32)33)35-12-15(29-22(34)36-24(4,5)6)9-13-7-8-14(26)10-17(13)27/h7-8,10-11,15,19,30H,9,12H2,1-6H3,(H,29,34)(H,32,33)/t15-,19?/m0/s1. The normalized spacial score (nSPS) is 17.3. The number of rotatable bonds is 7. The topological polar surface area (TPSA) is 100 Å². The molecule has 3 N–H and O–H groups in total. The Bertz CT molecular complexity index is 1050. The van der Waals surface area contributed by atoms with Crippen molar-refractivity contribution in [2.45, 2.75) is 70.6 Å². The first-order chi connectivity index (χ1) is 16.5. The number of nitrogens with zero attached hydrogens (tertiary/aromatic N) is 1. The summed E-state index contributed by atoms with van der Waals surface area (Å²) in [6.45, 7) is 10.9. The highest BCUT2D eigenvalue weighted by molar-refractivity contribution is 9.11. The molecule has 0 spiro atoms. The lowest BCUT2D eigenvalue weighted by molar-refractivity contribution is 0.0470. The van der Waals surface area contributed by atoms with E-state index in [0.717, 1.165) is 5.56 Å². The summed E-state index contributed by atoms with van der Waals surface area (Å²) in [5.74, 6) is 0.410. The number of nitrogens with one attached hydrogen (secondary N) is 2. The third kappa shape index (κ3) is 8.94. The van der Waals surface area contributed by atoms with Gasteiger partial charge in [-0.05, 0) is 71.7 Å². The number of carbonyl (C=O) groups excluding carboxylic acids is 1. The molecule has 0 aliphatic carbocycles. The van der Waals surface area contributed by atoms with Crippen molar-refractivity contribution < 1.29 is 24.2 Å². The number of ether oxygens (including phenoxy) is 2. The summed E-state index contributed by atoms with van der Waals surface area (Å²) in [6, 6.07) is 4.50. The van der Waals surface area contributed by atoms with Crippen molar-refractivity contribution in [3.63, 3.8) is 0 Å². The number of carboxylic acid groups (broad SMARTS) is 1. The molecule has 12 heteroatoms. The Morgan fingerprint density at radius 3 is 2.36 bits per heavy atom. The number of hydrogen-bond donors (Lipinski definition) is 3. The van der Waals surface area contributed by atoms with E-state index in [9.17, 15) is 14.7 Å². The predicted octanol–water partition coefficient (Wildman–Crippen LogP) is 6.84. The van der Waals surface area contributed by atoms with E-state index in [1.165, 1.54) is 0 Å². The van der Waals surface area contributed by atoms with E-state index < -0.39 is 34.9 Å². The summed E-state index contributed by atoms with van der Waals surface area (Å²) in [7, 11) is 0. The highest BCUT2D eigenvalue weighted by Crippen LogP contribution is 2.37. The van der Waals surface area contributed by atoms with Gasteiger partial charge in [0, 0.05) is 20.1 Å². The molecule has 1 heterocycles. The van der Waals surface area contributed by atoms with Gasteiger partial charge in [-0.2, -0.15) is 0 Å². The minimum Gasteiger partial charge on any atom is -0.488 e. The van der Waals surface area contributed by atoms with Gasteiger partial charge in [-0.3, -0.25) is 5.32 Å². The number of carbonyl (C=O) groups is 2. The van der Waals surface area contributed by atoms with Gasteiger partial charge < -0.3 is 24.8 Å². The number of benzene rings is 1. The van der Waals surface area contributed by atoms with Gasteiger partial charge in [-0.15, -0.1) is 0 Å². The molecule has 1 aliphatic heterocycles. The van der Waals surface area contributed by atoms with Crippen molar-refractivity contribution in [3.05, 3.63) is 55.9 Å². The van der Waals surface area contributed by atoms with Crippen LogP contribution in [0.3, 0.4) is 0 Å². The smallest absolute Gasteiger partial charge is 0.410 e. The molecule has 8 nitrogen and oxygen atoms in total. The molecule has 1 aliphatic rings. The van der Waals surface area contributed by atoms with Crippen LogP contribution in [0.15, 0.2) is 40.3 Å². The molecule has 0 saturated heterocycles. The SMILES string of the molecule is CC(C)(C)OC(=O)N[C@H](COC1=C(NC(=O)O)N(C(C)(C)C)C(Cl)C(Br)=C1)Cc1ccc(Cl)cc1Cl. The largest absolute Gasteiger partial charge is 0.488 e. The fraction of sp³-hybridized carbons (Fsp3) is 0.500. The van der Waals surface area contributed by atoms with Crippen molar-refractivity contribution in [3.8, 4) is 0 Å². The molecule has 0 bridgehead atoms. The van der Waals surface area contributed by atoms with Crippen molar-refractivity contribution in [1.29, 1.82) is 0 Å². The zero-order valence-electron chi connectivity index (χ0n) is 20.9. The summed E-state index contributed by atoms with van der Waals surface area (Å²) in [5, 5.41) is 15.6. The van der Waals surface area contributed by atoms with Crippen LogP contribution in [0.2, 0.25) is 10.0 Å². The van der Waals surface area contributed by atoms with Crippen LogP contribution in [0.5, 0.6) is 0 Å². The number of alkyl halides is 1. The van der Waals surface area contributed by atoms with Crippen LogP contribution in [-0.2, 0) is 15.9 Å². The van der Waals surface area contributed by atoms with Gasteiger partial charge in [-0.1, -0.05) is 56.8 Å². The van der Waals surface area contributed by atoms with E-state index in [1.54, 1.807) is 49.9 Å². The zero-order chi connectivity index (χ0) is 27.4. The highest BCUT2D eigenvalue weighted by atomic mass is 79.9. The second-order valence-corrected chi connectivity index (χ2v) is 12.3. The number of hydrogen-bond acceptors (Lipinski definition) is 5. The average Bonchev–Trinajstić information content (AvgIpc) is 2.68. The molecule has 1 unspecified atom stereocenters. The second kappa shape index (κ2) is 12.2. The van der Waals surface area contributed by atoms with Crippen molar-refractivity contribution in [2.75, 3.05) is 6.61 Å². The van der Waals surface area contributed by atoms with E-state index in [-0.39, 0.29) is 18.2 Å². The third-order valence-corrected chi connectivity index (χ3v) is 6.73. The number of amides is 2. The molecular weight excluding hydrogens is 597 g/mol. The van der Waals surface area contributed by atoms with E-state index in [1.807, 2.05) is 20.8 Å². The number of halogens is 4.